The third-order valence-electron chi connectivity index (χ3n) is 4.71. The molecule has 0 saturated carbocycles. The standard InChI is InChI=1S/C19H18ClF3N6O2/c20-17(30)16-14(23)10-25-18(27-16)28-3-5-29(6-4-28)19(31)26-15(1-2-24)11-7-12(21)9-13(22)8-11/h2,7-10,15,24H,1,3-6H2,(H,26,31)/t15-/m0/s1. The minimum absolute atomic E-state index is 0.0627. The van der Waals surface area contributed by atoms with Gasteiger partial charge in [0.2, 0.25) is 5.95 Å². The predicted octanol–water partition coefficient (Wildman–Crippen LogP) is 2.89. The van der Waals surface area contributed by atoms with Gasteiger partial charge in [-0.15, -0.1) is 0 Å². The highest BCUT2D eigenvalue weighted by atomic mass is 35.5. The van der Waals surface area contributed by atoms with E-state index in [4.69, 9.17) is 17.0 Å². The minimum atomic E-state index is -1.04. The predicted molar refractivity (Wildman–Crippen MR) is 107 cm³/mol. The topological polar surface area (TPSA) is 102 Å². The van der Waals surface area contributed by atoms with E-state index in [1.54, 1.807) is 4.90 Å². The van der Waals surface area contributed by atoms with Crippen molar-refractivity contribution < 1.29 is 22.8 Å². The van der Waals surface area contributed by atoms with E-state index in [0.717, 1.165) is 30.6 Å². The van der Waals surface area contributed by atoms with Crippen molar-refractivity contribution >= 4 is 35.0 Å². The van der Waals surface area contributed by atoms with Crippen LogP contribution < -0.4 is 10.2 Å². The van der Waals surface area contributed by atoms with Crippen molar-refractivity contribution in [3.63, 3.8) is 0 Å². The van der Waals surface area contributed by atoms with Crippen LogP contribution in [-0.2, 0) is 0 Å². The van der Waals surface area contributed by atoms with Gasteiger partial charge in [-0.3, -0.25) is 4.79 Å². The molecular weight excluding hydrogens is 437 g/mol. The van der Waals surface area contributed by atoms with E-state index in [1.165, 1.54) is 4.90 Å². The number of aromatic nitrogens is 2. The fourth-order valence-corrected chi connectivity index (χ4v) is 3.30. The summed E-state index contributed by atoms with van der Waals surface area (Å²) >= 11 is 5.32. The van der Waals surface area contributed by atoms with Crippen LogP contribution in [0.15, 0.2) is 24.4 Å². The van der Waals surface area contributed by atoms with Crippen LogP contribution in [0.4, 0.5) is 23.9 Å². The number of nitrogens with zero attached hydrogens (tertiary/aromatic N) is 4. The summed E-state index contributed by atoms with van der Waals surface area (Å²) in [6.45, 7) is 1.12. The zero-order valence-electron chi connectivity index (χ0n) is 16.1. The molecule has 2 amide bonds. The number of rotatable bonds is 6. The molecule has 164 valence electrons. The zero-order valence-corrected chi connectivity index (χ0v) is 16.9. The van der Waals surface area contributed by atoms with Gasteiger partial charge in [0.1, 0.15) is 11.6 Å². The fourth-order valence-electron chi connectivity index (χ4n) is 3.17. The Bertz CT molecular complexity index is 980. The van der Waals surface area contributed by atoms with Crippen LogP contribution in [0.25, 0.3) is 0 Å². The largest absolute Gasteiger partial charge is 0.337 e. The molecule has 1 fully saturated rings. The van der Waals surface area contributed by atoms with Crippen molar-refractivity contribution in [2.75, 3.05) is 31.1 Å². The van der Waals surface area contributed by atoms with Crippen LogP contribution >= 0.6 is 11.6 Å². The van der Waals surface area contributed by atoms with Crippen molar-refractivity contribution in [3.8, 4) is 0 Å². The summed E-state index contributed by atoms with van der Waals surface area (Å²) in [5, 5.41) is 8.95. The van der Waals surface area contributed by atoms with E-state index >= 15 is 0 Å². The number of halogens is 4. The number of carbonyl (C=O) groups excluding carboxylic acids is 2. The van der Waals surface area contributed by atoms with Crippen LogP contribution in [0.1, 0.15) is 28.5 Å². The lowest BCUT2D eigenvalue weighted by molar-refractivity contribution is 0.107. The summed E-state index contributed by atoms with van der Waals surface area (Å²) in [5.74, 6) is -2.36. The van der Waals surface area contributed by atoms with Gasteiger partial charge in [-0.2, -0.15) is 0 Å². The molecular formula is C19H18ClF3N6O2. The smallest absolute Gasteiger partial charge is 0.318 e. The van der Waals surface area contributed by atoms with Gasteiger partial charge in [0.15, 0.2) is 11.5 Å². The van der Waals surface area contributed by atoms with Crippen molar-refractivity contribution in [1.29, 1.82) is 5.41 Å². The van der Waals surface area contributed by atoms with Crippen LogP contribution in [-0.4, -0.2) is 58.5 Å². The van der Waals surface area contributed by atoms with E-state index < -0.39 is 40.5 Å². The van der Waals surface area contributed by atoms with Crippen molar-refractivity contribution in [1.82, 2.24) is 20.2 Å². The number of anilines is 1. The Kier molecular flexibility index (Phi) is 7.06. The van der Waals surface area contributed by atoms with Gasteiger partial charge in [0.25, 0.3) is 5.24 Å². The highest BCUT2D eigenvalue weighted by Gasteiger charge is 2.26. The molecule has 1 aliphatic rings. The number of nitrogens with one attached hydrogen (secondary N) is 2. The quantitative estimate of drug-likeness (QED) is 0.516. The molecule has 1 aromatic carbocycles. The van der Waals surface area contributed by atoms with Gasteiger partial charge in [0, 0.05) is 38.7 Å². The lowest BCUT2D eigenvalue weighted by atomic mass is 10.0. The van der Waals surface area contributed by atoms with E-state index in [-0.39, 0.29) is 31.0 Å². The lowest BCUT2D eigenvalue weighted by Crippen LogP contribution is -2.52. The van der Waals surface area contributed by atoms with E-state index in [0.29, 0.717) is 13.1 Å². The molecule has 2 N–H and O–H groups in total. The molecule has 0 bridgehead atoms. The maximum atomic E-state index is 13.6. The summed E-state index contributed by atoms with van der Waals surface area (Å²) in [6.07, 6.45) is 1.97. The number of urea groups is 1. The number of benzene rings is 1. The third-order valence-corrected chi connectivity index (χ3v) is 4.88. The van der Waals surface area contributed by atoms with Crippen molar-refractivity contribution in [3.05, 3.63) is 53.1 Å². The Morgan fingerprint density at radius 3 is 2.39 bits per heavy atom. The van der Waals surface area contributed by atoms with Gasteiger partial charge in [-0.05, 0) is 35.5 Å². The fraction of sp³-hybridized carbons (Fsp3) is 0.316. The first kappa shape index (κ1) is 22.5. The molecule has 1 aliphatic heterocycles. The molecule has 1 atom stereocenters. The summed E-state index contributed by atoms with van der Waals surface area (Å²) in [5.41, 5.74) is -0.311. The molecule has 31 heavy (non-hydrogen) atoms. The molecule has 0 spiro atoms. The van der Waals surface area contributed by atoms with Crippen LogP contribution in [0, 0.1) is 22.9 Å². The van der Waals surface area contributed by atoms with Crippen LogP contribution in [0.2, 0.25) is 0 Å². The molecule has 0 radical (unpaired) electrons. The average Bonchev–Trinajstić information content (AvgIpc) is 2.73. The maximum absolute atomic E-state index is 13.6. The Hall–Kier alpha value is -3.21. The molecule has 8 nitrogen and oxygen atoms in total. The monoisotopic (exact) mass is 454 g/mol. The maximum Gasteiger partial charge on any atom is 0.318 e. The lowest BCUT2D eigenvalue weighted by Gasteiger charge is -2.35. The summed E-state index contributed by atoms with van der Waals surface area (Å²) in [7, 11) is 0. The van der Waals surface area contributed by atoms with E-state index in [2.05, 4.69) is 15.3 Å². The molecule has 0 aliphatic carbocycles. The Labute approximate surface area is 180 Å². The summed E-state index contributed by atoms with van der Waals surface area (Å²) < 4.78 is 40.6. The first-order chi connectivity index (χ1) is 14.8. The molecule has 12 heteroatoms. The molecule has 2 aromatic rings. The number of hydrogen-bond acceptors (Lipinski definition) is 6. The Morgan fingerprint density at radius 1 is 1.16 bits per heavy atom. The van der Waals surface area contributed by atoms with Gasteiger partial charge < -0.3 is 20.5 Å². The van der Waals surface area contributed by atoms with Gasteiger partial charge >= 0.3 is 6.03 Å². The molecule has 0 unspecified atom stereocenters. The average molecular weight is 455 g/mol. The summed E-state index contributed by atoms with van der Waals surface area (Å²) in [6, 6.07) is 1.71. The zero-order chi connectivity index (χ0) is 22.5. The second-order valence-corrected chi connectivity index (χ2v) is 7.10. The number of carbonyl (C=O) groups is 2. The first-order valence-electron chi connectivity index (χ1n) is 9.26. The normalized spacial score (nSPS) is 14.8. The van der Waals surface area contributed by atoms with Crippen LogP contribution in [0.5, 0.6) is 0 Å². The van der Waals surface area contributed by atoms with Crippen molar-refractivity contribution in [2.45, 2.75) is 12.5 Å². The number of amides is 2. The second-order valence-electron chi connectivity index (χ2n) is 6.76. The number of hydrogen-bond donors (Lipinski definition) is 2. The Morgan fingerprint density at radius 2 is 1.81 bits per heavy atom. The SMILES string of the molecule is N=CC[C@H](NC(=O)N1CCN(c2ncc(F)c(C(=O)Cl)n2)CC1)c1cc(F)cc(F)c1. The molecule has 1 aromatic heterocycles. The molecule has 3 rings (SSSR count). The molecule has 1 saturated heterocycles. The first-order valence-corrected chi connectivity index (χ1v) is 9.64. The van der Waals surface area contributed by atoms with Crippen molar-refractivity contribution in [2.24, 2.45) is 0 Å². The highest BCUT2D eigenvalue weighted by molar-refractivity contribution is 6.67. The van der Waals surface area contributed by atoms with E-state index in [9.17, 15) is 22.8 Å². The van der Waals surface area contributed by atoms with Crippen LogP contribution in [0.3, 0.4) is 0 Å². The minimum Gasteiger partial charge on any atom is -0.337 e. The second kappa shape index (κ2) is 9.73. The highest BCUT2D eigenvalue weighted by Crippen LogP contribution is 2.20. The molecule has 2 heterocycles. The third kappa shape index (κ3) is 5.48. The van der Waals surface area contributed by atoms with Gasteiger partial charge in [-0.1, -0.05) is 0 Å². The van der Waals surface area contributed by atoms with Gasteiger partial charge in [0.05, 0.1) is 12.2 Å². The van der Waals surface area contributed by atoms with Gasteiger partial charge in [-0.25, -0.2) is 27.9 Å². The Balaban J connectivity index is 1.64. The summed E-state index contributed by atoms with van der Waals surface area (Å²) in [4.78, 5) is 34.8. The number of piperazine rings is 1. The van der Waals surface area contributed by atoms with E-state index in [1.807, 2.05) is 0 Å².